The number of ether oxygens (including phenoxy) is 1. The molecule has 0 bridgehead atoms. The van der Waals surface area contributed by atoms with Crippen molar-refractivity contribution in [3.05, 3.63) is 53.7 Å². The zero-order valence-corrected chi connectivity index (χ0v) is 17.8. The van der Waals surface area contributed by atoms with E-state index in [1.54, 1.807) is 0 Å². The monoisotopic (exact) mass is 495 g/mol. The molecule has 0 unspecified atom stereocenters. The first-order valence-corrected chi connectivity index (χ1v) is 11.4. The molecule has 2 saturated heterocycles. The summed E-state index contributed by atoms with van der Waals surface area (Å²) in [5.41, 5.74) is -1.82. The van der Waals surface area contributed by atoms with Crippen LogP contribution in [-0.4, -0.2) is 60.9 Å². The van der Waals surface area contributed by atoms with E-state index >= 15 is 0 Å². The number of sulfonamides is 1. The molecule has 33 heavy (non-hydrogen) atoms. The Morgan fingerprint density at radius 2 is 1.52 bits per heavy atom. The van der Waals surface area contributed by atoms with E-state index < -0.39 is 33.5 Å². The molecule has 2 aliphatic rings. The van der Waals surface area contributed by atoms with Gasteiger partial charge in [0.05, 0.1) is 16.0 Å². The number of aromatic nitrogens is 1. The highest BCUT2D eigenvalue weighted by Gasteiger charge is 2.41. The minimum Gasteiger partial charge on any atom is -0.473 e. The smallest absolute Gasteiger partial charge is 0.417 e. The number of rotatable bonds is 4. The summed E-state index contributed by atoms with van der Waals surface area (Å²) >= 11 is 0. The number of piperazine rings is 1. The van der Waals surface area contributed by atoms with Gasteiger partial charge in [0, 0.05) is 50.9 Å². The third-order valence-corrected chi connectivity index (χ3v) is 7.59. The van der Waals surface area contributed by atoms with Gasteiger partial charge in [0.25, 0.3) is 0 Å². The highest BCUT2D eigenvalue weighted by Crippen LogP contribution is 2.32. The Hall–Kier alpha value is -2.38. The van der Waals surface area contributed by atoms with E-state index in [0.717, 1.165) is 36.4 Å². The molecule has 1 aromatic carbocycles. The highest BCUT2D eigenvalue weighted by atomic mass is 32.2. The van der Waals surface area contributed by atoms with Crippen molar-refractivity contribution < 1.29 is 39.5 Å². The van der Waals surface area contributed by atoms with Gasteiger partial charge < -0.3 is 4.74 Å². The summed E-state index contributed by atoms with van der Waals surface area (Å²) in [6, 6.07) is 5.19. The van der Waals surface area contributed by atoms with Gasteiger partial charge in [-0.1, -0.05) is 0 Å². The molecule has 0 spiro atoms. The van der Waals surface area contributed by atoms with Crippen LogP contribution in [0.25, 0.3) is 0 Å². The third-order valence-electron chi connectivity index (χ3n) is 5.71. The molecule has 0 aliphatic carbocycles. The van der Waals surface area contributed by atoms with E-state index in [-0.39, 0.29) is 36.0 Å². The van der Waals surface area contributed by atoms with Crippen LogP contribution in [0.15, 0.2) is 47.5 Å². The second-order valence-corrected chi connectivity index (χ2v) is 9.83. The first kappa shape index (κ1) is 23.8. The van der Waals surface area contributed by atoms with E-state index in [1.807, 2.05) is 4.90 Å². The standard InChI is InChI=1S/C20H19F6N3O3S/c21-19(22,23)13-1-4-17(5-2-13)33(30,31)29-8-7-28-12-16(9-15(28)11-29)32-18-6-3-14(10-27-18)20(24,25)26/h1-6,10,15-16H,7-9,11-12H2/t15-,16-/m0/s1. The van der Waals surface area contributed by atoms with Gasteiger partial charge in [-0.05, 0) is 30.3 Å². The van der Waals surface area contributed by atoms with Crippen molar-refractivity contribution in [3.8, 4) is 5.88 Å². The predicted octanol–water partition coefficient (Wildman–Crippen LogP) is 3.65. The van der Waals surface area contributed by atoms with Crippen LogP contribution in [0.1, 0.15) is 17.5 Å². The summed E-state index contributed by atoms with van der Waals surface area (Å²) in [5.74, 6) is 0.0436. The van der Waals surface area contributed by atoms with Crippen molar-refractivity contribution in [2.45, 2.75) is 35.8 Å². The van der Waals surface area contributed by atoms with Gasteiger partial charge in [-0.25, -0.2) is 13.4 Å². The Labute approximate surface area is 185 Å². The minimum atomic E-state index is -4.56. The fraction of sp³-hybridized carbons (Fsp3) is 0.450. The molecule has 2 aromatic rings. The lowest BCUT2D eigenvalue weighted by molar-refractivity contribution is -0.138. The first-order chi connectivity index (χ1) is 15.3. The van der Waals surface area contributed by atoms with E-state index in [9.17, 15) is 34.8 Å². The molecule has 13 heteroatoms. The maximum Gasteiger partial charge on any atom is 0.417 e. The summed E-state index contributed by atoms with van der Waals surface area (Å²) < 4.78 is 109. The number of halogens is 6. The zero-order chi connectivity index (χ0) is 24.0. The Morgan fingerprint density at radius 3 is 2.09 bits per heavy atom. The van der Waals surface area contributed by atoms with Gasteiger partial charge >= 0.3 is 12.4 Å². The van der Waals surface area contributed by atoms with Crippen LogP contribution in [0, 0.1) is 0 Å². The molecular formula is C20H19F6N3O3S. The van der Waals surface area contributed by atoms with Crippen molar-refractivity contribution in [1.29, 1.82) is 0 Å². The molecule has 6 nitrogen and oxygen atoms in total. The fourth-order valence-electron chi connectivity index (χ4n) is 4.02. The van der Waals surface area contributed by atoms with Crippen molar-refractivity contribution in [2.24, 2.45) is 0 Å². The Bertz CT molecular complexity index is 1090. The van der Waals surface area contributed by atoms with Crippen LogP contribution in [0.2, 0.25) is 0 Å². The van der Waals surface area contributed by atoms with E-state index in [0.29, 0.717) is 25.7 Å². The van der Waals surface area contributed by atoms with Crippen LogP contribution in [0.4, 0.5) is 26.3 Å². The topological polar surface area (TPSA) is 62.7 Å². The average molecular weight is 495 g/mol. The molecule has 3 heterocycles. The van der Waals surface area contributed by atoms with Crippen LogP contribution >= 0.6 is 0 Å². The summed E-state index contributed by atoms with van der Waals surface area (Å²) in [6.45, 7) is 1.14. The van der Waals surface area contributed by atoms with Crippen molar-refractivity contribution >= 4 is 10.0 Å². The largest absolute Gasteiger partial charge is 0.473 e. The molecule has 2 atom stereocenters. The molecule has 2 fully saturated rings. The van der Waals surface area contributed by atoms with Crippen LogP contribution in [0.3, 0.4) is 0 Å². The Balaban J connectivity index is 1.40. The second-order valence-electron chi connectivity index (χ2n) is 7.89. The fourth-order valence-corrected chi connectivity index (χ4v) is 5.49. The molecule has 1 aromatic heterocycles. The lowest BCUT2D eigenvalue weighted by atomic mass is 10.2. The van der Waals surface area contributed by atoms with E-state index in [4.69, 9.17) is 4.74 Å². The van der Waals surface area contributed by atoms with Gasteiger partial charge in [-0.3, -0.25) is 4.90 Å². The lowest BCUT2D eigenvalue weighted by Gasteiger charge is -2.36. The van der Waals surface area contributed by atoms with Crippen molar-refractivity contribution in [1.82, 2.24) is 14.2 Å². The summed E-state index contributed by atoms with van der Waals surface area (Å²) in [6.07, 6.45) is -8.32. The van der Waals surface area contributed by atoms with Crippen LogP contribution < -0.4 is 4.74 Å². The molecule has 180 valence electrons. The van der Waals surface area contributed by atoms with E-state index in [1.165, 1.54) is 4.31 Å². The van der Waals surface area contributed by atoms with Gasteiger partial charge in [0.15, 0.2) is 0 Å². The highest BCUT2D eigenvalue weighted by molar-refractivity contribution is 7.89. The van der Waals surface area contributed by atoms with Gasteiger partial charge in [-0.2, -0.15) is 30.6 Å². The van der Waals surface area contributed by atoms with Crippen LogP contribution in [-0.2, 0) is 22.4 Å². The number of nitrogens with zero attached hydrogens (tertiary/aromatic N) is 3. The molecule has 0 amide bonds. The molecule has 0 N–H and O–H groups in total. The van der Waals surface area contributed by atoms with Crippen molar-refractivity contribution in [2.75, 3.05) is 26.2 Å². The average Bonchev–Trinajstić information content (AvgIpc) is 3.14. The first-order valence-electron chi connectivity index (χ1n) is 9.95. The van der Waals surface area contributed by atoms with Gasteiger partial charge in [0.1, 0.15) is 6.10 Å². The molecule has 0 radical (unpaired) electrons. The number of alkyl halides is 6. The zero-order valence-electron chi connectivity index (χ0n) is 17.0. The molecule has 0 saturated carbocycles. The molecule has 2 aliphatic heterocycles. The molecule has 4 rings (SSSR count). The lowest BCUT2D eigenvalue weighted by Crippen LogP contribution is -2.51. The van der Waals surface area contributed by atoms with E-state index in [2.05, 4.69) is 4.98 Å². The molecular weight excluding hydrogens is 476 g/mol. The van der Waals surface area contributed by atoms with Crippen LogP contribution in [0.5, 0.6) is 5.88 Å². The third kappa shape index (κ3) is 5.09. The second kappa shape index (κ2) is 8.44. The normalized spacial score (nSPS) is 22.8. The minimum absolute atomic E-state index is 0.0436. The predicted molar refractivity (Wildman–Crippen MR) is 104 cm³/mol. The summed E-state index contributed by atoms with van der Waals surface area (Å²) in [4.78, 5) is 5.50. The Kier molecular flexibility index (Phi) is 6.08. The summed E-state index contributed by atoms with van der Waals surface area (Å²) in [5, 5.41) is 0. The Morgan fingerprint density at radius 1 is 0.879 bits per heavy atom. The number of pyridine rings is 1. The van der Waals surface area contributed by atoms with Crippen molar-refractivity contribution in [3.63, 3.8) is 0 Å². The maximum absolute atomic E-state index is 12.9. The SMILES string of the molecule is O=S(=O)(c1ccc(C(F)(F)F)cc1)N1CCN2C[C@@H](Oc3ccc(C(F)(F)F)cn3)C[C@H]2C1. The summed E-state index contributed by atoms with van der Waals surface area (Å²) in [7, 11) is -3.98. The van der Waals surface area contributed by atoms with Gasteiger partial charge in [0.2, 0.25) is 15.9 Å². The number of hydrogen-bond donors (Lipinski definition) is 0. The number of fused-ring (bicyclic) bond motifs is 1. The number of hydrogen-bond acceptors (Lipinski definition) is 5. The van der Waals surface area contributed by atoms with Gasteiger partial charge in [-0.15, -0.1) is 0 Å². The number of benzene rings is 1. The maximum atomic E-state index is 12.9. The quantitative estimate of drug-likeness (QED) is 0.607.